The molecule has 1 fully saturated rings. The minimum atomic E-state index is -0.512. The molecule has 6 heteroatoms. The fourth-order valence-corrected chi connectivity index (χ4v) is 5.02. The number of amides is 2. The van der Waals surface area contributed by atoms with E-state index in [4.69, 9.17) is 11.6 Å². The minimum absolute atomic E-state index is 0.0560. The van der Waals surface area contributed by atoms with Crippen LogP contribution < -0.4 is 5.32 Å². The van der Waals surface area contributed by atoms with Crippen molar-refractivity contribution in [2.24, 2.45) is 0 Å². The maximum absolute atomic E-state index is 13.3. The lowest BCUT2D eigenvalue weighted by molar-refractivity contribution is -0.139. The summed E-state index contributed by atoms with van der Waals surface area (Å²) in [5.41, 5.74) is 0.853. The van der Waals surface area contributed by atoms with E-state index in [-0.39, 0.29) is 23.6 Å². The predicted octanol–water partition coefficient (Wildman–Crippen LogP) is 5.69. The van der Waals surface area contributed by atoms with Crippen LogP contribution in [0.1, 0.15) is 51.0 Å². The average molecular weight is 459 g/mol. The van der Waals surface area contributed by atoms with Crippen LogP contribution in [0, 0.1) is 0 Å². The van der Waals surface area contributed by atoms with Crippen LogP contribution in [-0.2, 0) is 16.1 Å². The Morgan fingerprint density at radius 2 is 1.74 bits per heavy atom. The zero-order valence-electron chi connectivity index (χ0n) is 18.1. The topological polar surface area (TPSA) is 49.4 Å². The lowest BCUT2D eigenvalue weighted by Crippen LogP contribution is -2.52. The highest BCUT2D eigenvalue weighted by molar-refractivity contribution is 8.00. The molecule has 0 aromatic heterocycles. The summed E-state index contributed by atoms with van der Waals surface area (Å²) in [7, 11) is 0. The number of carbonyl (C=O) groups excluding carboxylic acids is 2. The highest BCUT2D eigenvalue weighted by atomic mass is 35.5. The SMILES string of the molecule is CC[C@H](C(=O)NC1CCCCC1)N(Cc1ccccc1Cl)C(=O)CSc1ccccc1. The van der Waals surface area contributed by atoms with Gasteiger partial charge in [0.15, 0.2) is 0 Å². The molecule has 1 aliphatic carbocycles. The second-order valence-electron chi connectivity index (χ2n) is 7.98. The van der Waals surface area contributed by atoms with Gasteiger partial charge in [-0.05, 0) is 43.0 Å². The molecule has 1 saturated carbocycles. The smallest absolute Gasteiger partial charge is 0.243 e. The molecule has 1 aliphatic rings. The van der Waals surface area contributed by atoms with Crippen LogP contribution in [0.15, 0.2) is 59.5 Å². The van der Waals surface area contributed by atoms with E-state index in [9.17, 15) is 9.59 Å². The Kier molecular flexibility index (Phi) is 9.29. The van der Waals surface area contributed by atoms with Crippen LogP contribution in [-0.4, -0.2) is 34.6 Å². The number of nitrogens with one attached hydrogen (secondary N) is 1. The summed E-state index contributed by atoms with van der Waals surface area (Å²) in [5, 5.41) is 3.82. The summed E-state index contributed by atoms with van der Waals surface area (Å²) >= 11 is 7.88. The largest absolute Gasteiger partial charge is 0.352 e. The Morgan fingerprint density at radius 3 is 2.42 bits per heavy atom. The van der Waals surface area contributed by atoms with Crippen molar-refractivity contribution < 1.29 is 9.59 Å². The molecule has 0 heterocycles. The van der Waals surface area contributed by atoms with Crippen molar-refractivity contribution in [1.29, 1.82) is 0 Å². The quantitative estimate of drug-likeness (QED) is 0.491. The molecule has 0 saturated heterocycles. The summed E-state index contributed by atoms with van der Waals surface area (Å²) in [6, 6.07) is 17.1. The first-order valence-electron chi connectivity index (χ1n) is 11.1. The van der Waals surface area contributed by atoms with Gasteiger partial charge in [0.05, 0.1) is 5.75 Å². The molecule has 31 heavy (non-hydrogen) atoms. The normalized spacial score (nSPS) is 15.3. The van der Waals surface area contributed by atoms with Crippen molar-refractivity contribution in [3.05, 3.63) is 65.2 Å². The zero-order valence-corrected chi connectivity index (χ0v) is 19.6. The minimum Gasteiger partial charge on any atom is -0.352 e. The second kappa shape index (κ2) is 12.2. The maximum atomic E-state index is 13.3. The molecule has 3 rings (SSSR count). The van der Waals surface area contributed by atoms with Gasteiger partial charge < -0.3 is 10.2 Å². The van der Waals surface area contributed by atoms with E-state index in [0.717, 1.165) is 36.1 Å². The van der Waals surface area contributed by atoms with Gasteiger partial charge in [0, 0.05) is 22.5 Å². The van der Waals surface area contributed by atoms with Crippen molar-refractivity contribution >= 4 is 35.2 Å². The number of rotatable bonds is 9. The highest BCUT2D eigenvalue weighted by Gasteiger charge is 2.30. The van der Waals surface area contributed by atoms with E-state index in [1.54, 1.807) is 4.90 Å². The van der Waals surface area contributed by atoms with Gasteiger partial charge in [-0.25, -0.2) is 0 Å². The number of carbonyl (C=O) groups is 2. The molecule has 0 radical (unpaired) electrons. The van der Waals surface area contributed by atoms with Crippen LogP contribution >= 0.6 is 23.4 Å². The number of hydrogen-bond acceptors (Lipinski definition) is 3. The molecular formula is C25H31ClN2O2S. The van der Waals surface area contributed by atoms with E-state index >= 15 is 0 Å². The first-order chi connectivity index (χ1) is 15.1. The fraction of sp³-hybridized carbons (Fsp3) is 0.440. The lowest BCUT2D eigenvalue weighted by atomic mass is 9.95. The molecule has 166 valence electrons. The van der Waals surface area contributed by atoms with Gasteiger partial charge in [0.2, 0.25) is 11.8 Å². The van der Waals surface area contributed by atoms with Gasteiger partial charge in [-0.2, -0.15) is 0 Å². The van der Waals surface area contributed by atoms with Crippen molar-refractivity contribution in [1.82, 2.24) is 10.2 Å². The molecule has 2 aromatic carbocycles. The third-order valence-electron chi connectivity index (χ3n) is 5.74. The van der Waals surface area contributed by atoms with Gasteiger partial charge in [-0.3, -0.25) is 9.59 Å². The molecule has 0 bridgehead atoms. The van der Waals surface area contributed by atoms with E-state index < -0.39 is 6.04 Å². The summed E-state index contributed by atoms with van der Waals surface area (Å²) in [5.74, 6) is 0.167. The van der Waals surface area contributed by atoms with Crippen LogP contribution in [0.5, 0.6) is 0 Å². The molecule has 4 nitrogen and oxygen atoms in total. The van der Waals surface area contributed by atoms with Crippen LogP contribution in [0.4, 0.5) is 0 Å². The monoisotopic (exact) mass is 458 g/mol. The summed E-state index contributed by atoms with van der Waals surface area (Å²) in [4.78, 5) is 29.2. The van der Waals surface area contributed by atoms with Crippen molar-refractivity contribution in [2.45, 2.75) is 69.0 Å². The van der Waals surface area contributed by atoms with Crippen LogP contribution in [0.2, 0.25) is 5.02 Å². The average Bonchev–Trinajstić information content (AvgIpc) is 2.80. The zero-order chi connectivity index (χ0) is 22.1. The van der Waals surface area contributed by atoms with Gasteiger partial charge >= 0.3 is 0 Å². The molecule has 0 aliphatic heterocycles. The lowest BCUT2D eigenvalue weighted by Gasteiger charge is -2.33. The van der Waals surface area contributed by atoms with Gasteiger partial charge in [0.1, 0.15) is 6.04 Å². The Hall–Kier alpha value is -1.98. The van der Waals surface area contributed by atoms with Crippen molar-refractivity contribution in [2.75, 3.05) is 5.75 Å². The summed E-state index contributed by atoms with van der Waals surface area (Å²) < 4.78 is 0. The first-order valence-corrected chi connectivity index (χ1v) is 12.5. The Bertz CT molecular complexity index is 856. The Labute approximate surface area is 194 Å². The van der Waals surface area contributed by atoms with E-state index in [2.05, 4.69) is 5.32 Å². The van der Waals surface area contributed by atoms with Crippen LogP contribution in [0.3, 0.4) is 0 Å². The molecule has 1 N–H and O–H groups in total. The fourth-order valence-electron chi connectivity index (χ4n) is 4.02. The summed E-state index contributed by atoms with van der Waals surface area (Å²) in [6.07, 6.45) is 6.13. The molecule has 1 atom stereocenters. The van der Waals surface area contributed by atoms with E-state index in [0.29, 0.717) is 18.0 Å². The molecule has 0 unspecified atom stereocenters. The third-order valence-corrected chi connectivity index (χ3v) is 7.11. The maximum Gasteiger partial charge on any atom is 0.243 e. The van der Waals surface area contributed by atoms with Gasteiger partial charge in [0.25, 0.3) is 0 Å². The predicted molar refractivity (Wildman–Crippen MR) is 128 cm³/mol. The Morgan fingerprint density at radius 1 is 1.06 bits per heavy atom. The number of benzene rings is 2. The van der Waals surface area contributed by atoms with Crippen molar-refractivity contribution in [3.63, 3.8) is 0 Å². The van der Waals surface area contributed by atoms with Gasteiger partial charge in [-0.1, -0.05) is 74.2 Å². The number of thioether (sulfide) groups is 1. The highest BCUT2D eigenvalue weighted by Crippen LogP contribution is 2.23. The number of halogens is 1. The second-order valence-corrected chi connectivity index (χ2v) is 9.44. The first kappa shape index (κ1) is 23.7. The van der Waals surface area contributed by atoms with Crippen LogP contribution in [0.25, 0.3) is 0 Å². The molecular weight excluding hydrogens is 428 g/mol. The molecule has 2 amide bonds. The Balaban J connectivity index is 1.75. The van der Waals surface area contributed by atoms with E-state index in [1.807, 2.05) is 61.5 Å². The van der Waals surface area contributed by atoms with Gasteiger partial charge in [-0.15, -0.1) is 11.8 Å². The summed E-state index contributed by atoms with van der Waals surface area (Å²) in [6.45, 7) is 2.28. The van der Waals surface area contributed by atoms with Crippen molar-refractivity contribution in [3.8, 4) is 0 Å². The molecule has 2 aromatic rings. The number of hydrogen-bond donors (Lipinski definition) is 1. The molecule has 0 spiro atoms. The number of nitrogens with zero attached hydrogens (tertiary/aromatic N) is 1. The standard InChI is InChI=1S/C25H31ClN2O2S/c1-2-23(25(30)27-20-12-5-3-6-13-20)28(17-19-11-9-10-16-22(19)26)24(29)18-31-21-14-7-4-8-15-21/h4,7-11,14-16,20,23H,2-3,5-6,12-13,17-18H2,1H3,(H,27,30)/t23-/m1/s1. The van der Waals surface area contributed by atoms with E-state index in [1.165, 1.54) is 18.2 Å². The third kappa shape index (κ3) is 7.01.